The molecule has 1 heterocycles. The molecule has 0 saturated carbocycles. The first kappa shape index (κ1) is 13.0. The molecule has 1 aromatic heterocycles. The maximum Gasteiger partial charge on any atom is 0.328 e. The fraction of sp³-hybridized carbons (Fsp3) is 0.143. The summed E-state index contributed by atoms with van der Waals surface area (Å²) in [6, 6.07) is 4.15. The number of carboxylic acids is 1. The Labute approximate surface area is 108 Å². The molecule has 0 atom stereocenters. The smallest absolute Gasteiger partial charge is 0.328 e. The van der Waals surface area contributed by atoms with Crippen LogP contribution in [0.2, 0.25) is 0 Å². The zero-order valence-corrected chi connectivity index (χ0v) is 10.5. The number of rotatable bonds is 2. The molecule has 0 unspecified atom stereocenters. The third-order valence-corrected chi connectivity index (χ3v) is 3.06. The van der Waals surface area contributed by atoms with Crippen molar-refractivity contribution in [2.75, 3.05) is 0 Å². The summed E-state index contributed by atoms with van der Waals surface area (Å²) in [7, 11) is 1.57. The Morgan fingerprint density at radius 3 is 2.74 bits per heavy atom. The van der Waals surface area contributed by atoms with Gasteiger partial charge in [0.15, 0.2) is 0 Å². The number of aryl methyl sites for hydroxylation is 2. The van der Waals surface area contributed by atoms with Crippen LogP contribution in [0.25, 0.3) is 17.0 Å². The van der Waals surface area contributed by atoms with Gasteiger partial charge in [-0.05, 0) is 36.8 Å². The van der Waals surface area contributed by atoms with Crippen molar-refractivity contribution in [3.63, 3.8) is 0 Å². The van der Waals surface area contributed by atoms with Crippen LogP contribution in [-0.4, -0.2) is 15.6 Å². The highest BCUT2D eigenvalue weighted by molar-refractivity contribution is 5.89. The van der Waals surface area contributed by atoms with Gasteiger partial charge in [0.05, 0.1) is 5.52 Å². The number of hydrogen-bond acceptors (Lipinski definition) is 2. The van der Waals surface area contributed by atoms with Crippen LogP contribution < -0.4 is 5.56 Å². The first-order valence-corrected chi connectivity index (χ1v) is 5.61. The molecule has 98 valence electrons. The highest BCUT2D eigenvalue weighted by Crippen LogP contribution is 2.20. The van der Waals surface area contributed by atoms with E-state index in [1.165, 1.54) is 28.8 Å². The van der Waals surface area contributed by atoms with Crippen molar-refractivity contribution in [2.45, 2.75) is 6.92 Å². The van der Waals surface area contributed by atoms with Crippen LogP contribution >= 0.6 is 0 Å². The predicted octanol–water partition coefficient (Wildman–Crippen LogP) is 2.08. The van der Waals surface area contributed by atoms with Crippen molar-refractivity contribution in [1.82, 2.24) is 4.57 Å². The second kappa shape index (κ2) is 4.68. The number of pyridine rings is 1. The Balaban J connectivity index is 2.86. The Morgan fingerprint density at radius 2 is 2.11 bits per heavy atom. The summed E-state index contributed by atoms with van der Waals surface area (Å²) in [5.41, 5.74) is 1.11. The van der Waals surface area contributed by atoms with Gasteiger partial charge in [-0.1, -0.05) is 0 Å². The SMILES string of the molecule is Cc1c(/C=C/C(=O)O)c(=O)n(C)c2ccc(F)cc12. The Hall–Kier alpha value is -2.43. The summed E-state index contributed by atoms with van der Waals surface area (Å²) < 4.78 is 14.7. The van der Waals surface area contributed by atoms with Gasteiger partial charge in [-0.25, -0.2) is 9.18 Å². The molecule has 0 aliphatic carbocycles. The van der Waals surface area contributed by atoms with Gasteiger partial charge in [-0.3, -0.25) is 4.79 Å². The van der Waals surface area contributed by atoms with Crippen LogP contribution in [0.4, 0.5) is 4.39 Å². The Morgan fingerprint density at radius 1 is 1.42 bits per heavy atom. The summed E-state index contributed by atoms with van der Waals surface area (Å²) in [4.78, 5) is 22.7. The average molecular weight is 261 g/mol. The Kier molecular flexibility index (Phi) is 3.21. The lowest BCUT2D eigenvalue weighted by atomic mass is 10.0. The fourth-order valence-electron chi connectivity index (χ4n) is 2.05. The number of hydrogen-bond donors (Lipinski definition) is 1. The molecule has 0 fully saturated rings. The summed E-state index contributed by atoms with van der Waals surface area (Å²) in [6.45, 7) is 1.67. The number of aromatic nitrogens is 1. The second-order valence-corrected chi connectivity index (χ2v) is 4.24. The molecule has 19 heavy (non-hydrogen) atoms. The van der Waals surface area contributed by atoms with E-state index < -0.39 is 11.8 Å². The molecule has 4 nitrogen and oxygen atoms in total. The molecule has 2 aromatic rings. The van der Waals surface area contributed by atoms with E-state index in [0.717, 1.165) is 6.08 Å². The number of halogens is 1. The number of benzene rings is 1. The summed E-state index contributed by atoms with van der Waals surface area (Å²) >= 11 is 0. The molecule has 0 amide bonds. The van der Waals surface area contributed by atoms with Crippen LogP contribution in [0.5, 0.6) is 0 Å². The number of fused-ring (bicyclic) bond motifs is 1. The minimum Gasteiger partial charge on any atom is -0.478 e. The van der Waals surface area contributed by atoms with Gasteiger partial charge < -0.3 is 9.67 Å². The molecule has 0 radical (unpaired) electrons. The van der Waals surface area contributed by atoms with E-state index in [-0.39, 0.29) is 11.1 Å². The zero-order chi connectivity index (χ0) is 14.2. The second-order valence-electron chi connectivity index (χ2n) is 4.24. The van der Waals surface area contributed by atoms with Gasteiger partial charge >= 0.3 is 5.97 Å². The molecule has 1 aromatic carbocycles. The lowest BCUT2D eigenvalue weighted by molar-refractivity contribution is -0.131. The number of aliphatic carboxylic acids is 1. The number of carbonyl (C=O) groups is 1. The lowest BCUT2D eigenvalue weighted by Gasteiger charge is -2.10. The molecule has 0 bridgehead atoms. The van der Waals surface area contributed by atoms with Crippen LogP contribution in [0.1, 0.15) is 11.1 Å². The number of carboxylic acid groups (broad SMARTS) is 1. The lowest BCUT2D eigenvalue weighted by Crippen LogP contribution is -2.21. The maximum absolute atomic E-state index is 13.3. The van der Waals surface area contributed by atoms with Gasteiger partial charge in [0.1, 0.15) is 5.82 Å². The van der Waals surface area contributed by atoms with Crippen molar-refractivity contribution in [3.8, 4) is 0 Å². The molecule has 1 N–H and O–H groups in total. The highest BCUT2D eigenvalue weighted by atomic mass is 19.1. The monoisotopic (exact) mass is 261 g/mol. The largest absolute Gasteiger partial charge is 0.478 e. The number of nitrogens with zero attached hydrogens (tertiary/aromatic N) is 1. The van der Waals surface area contributed by atoms with E-state index in [9.17, 15) is 14.0 Å². The zero-order valence-electron chi connectivity index (χ0n) is 10.5. The quantitative estimate of drug-likeness (QED) is 0.842. The molecule has 0 aliphatic rings. The molecular weight excluding hydrogens is 249 g/mol. The van der Waals surface area contributed by atoms with Crippen LogP contribution in [0.3, 0.4) is 0 Å². The van der Waals surface area contributed by atoms with E-state index in [0.29, 0.717) is 16.5 Å². The standard InChI is InChI=1S/C14H12FNO3/c1-8-10(4-6-13(17)18)14(19)16(2)12-5-3-9(15)7-11(8)12/h3-7H,1-2H3,(H,17,18)/b6-4+. The average Bonchev–Trinajstić information content (AvgIpc) is 2.35. The summed E-state index contributed by atoms with van der Waals surface area (Å²) in [5.74, 6) is -1.54. The van der Waals surface area contributed by atoms with E-state index in [4.69, 9.17) is 5.11 Å². The highest BCUT2D eigenvalue weighted by Gasteiger charge is 2.10. The molecule has 5 heteroatoms. The maximum atomic E-state index is 13.3. The predicted molar refractivity (Wildman–Crippen MR) is 70.6 cm³/mol. The van der Waals surface area contributed by atoms with E-state index in [1.807, 2.05) is 0 Å². The van der Waals surface area contributed by atoms with Crippen LogP contribution in [0.15, 0.2) is 29.1 Å². The molecule has 0 saturated heterocycles. The molecule has 2 rings (SSSR count). The topological polar surface area (TPSA) is 59.3 Å². The molecule has 0 spiro atoms. The van der Waals surface area contributed by atoms with Crippen molar-refractivity contribution in [2.24, 2.45) is 7.05 Å². The van der Waals surface area contributed by atoms with E-state index in [2.05, 4.69) is 0 Å². The van der Waals surface area contributed by atoms with Crippen molar-refractivity contribution in [1.29, 1.82) is 0 Å². The van der Waals surface area contributed by atoms with Crippen molar-refractivity contribution < 1.29 is 14.3 Å². The van der Waals surface area contributed by atoms with Gasteiger partial charge in [0.2, 0.25) is 0 Å². The molecule has 0 aliphatic heterocycles. The third-order valence-electron chi connectivity index (χ3n) is 3.06. The van der Waals surface area contributed by atoms with Gasteiger partial charge in [0, 0.05) is 24.1 Å². The summed E-state index contributed by atoms with van der Waals surface area (Å²) in [6.07, 6.45) is 2.14. The van der Waals surface area contributed by atoms with Gasteiger partial charge in [-0.2, -0.15) is 0 Å². The summed E-state index contributed by atoms with van der Waals surface area (Å²) in [5, 5.41) is 9.22. The van der Waals surface area contributed by atoms with Gasteiger partial charge in [0.25, 0.3) is 5.56 Å². The van der Waals surface area contributed by atoms with Crippen molar-refractivity contribution in [3.05, 3.63) is 51.6 Å². The minimum absolute atomic E-state index is 0.253. The van der Waals surface area contributed by atoms with Crippen LogP contribution in [-0.2, 0) is 11.8 Å². The molecular formula is C14H12FNO3. The first-order valence-electron chi connectivity index (χ1n) is 5.61. The Bertz CT molecular complexity index is 759. The van der Waals surface area contributed by atoms with Crippen molar-refractivity contribution >= 4 is 22.9 Å². The first-order chi connectivity index (χ1) is 8.91. The van der Waals surface area contributed by atoms with Crippen LogP contribution in [0, 0.1) is 12.7 Å². The fourth-order valence-corrected chi connectivity index (χ4v) is 2.05. The normalized spacial score (nSPS) is 11.3. The van der Waals surface area contributed by atoms with E-state index >= 15 is 0 Å². The minimum atomic E-state index is -1.14. The van der Waals surface area contributed by atoms with Gasteiger partial charge in [-0.15, -0.1) is 0 Å². The third kappa shape index (κ3) is 2.27. The van der Waals surface area contributed by atoms with E-state index in [1.54, 1.807) is 14.0 Å².